The van der Waals surface area contributed by atoms with Crippen LogP contribution in [0.5, 0.6) is 5.75 Å². The van der Waals surface area contributed by atoms with Crippen molar-refractivity contribution in [3.8, 4) is 5.75 Å². The zero-order valence-electron chi connectivity index (χ0n) is 26.2. The lowest BCUT2D eigenvalue weighted by Gasteiger charge is -2.52. The van der Waals surface area contributed by atoms with Crippen LogP contribution in [-0.4, -0.2) is 36.1 Å². The summed E-state index contributed by atoms with van der Waals surface area (Å²) in [5.41, 5.74) is 5.31. The first kappa shape index (κ1) is 28.9. The fraction of sp³-hybridized carbons (Fsp3) is 0.595. The SMILES string of the molecule is C[C@@H]1CC[C@@]2(OC1)O[C@H]1C[C@H]3[C@@H]4CCc5cc(OC(=O)NCCc6c[nH]c7ccc(Cl)cc67)ccc5[C@H]4CC[C@]3(C)[C@H]1[C@@H]2C. The number of fused-ring (bicyclic) bond motifs is 8. The summed E-state index contributed by atoms with van der Waals surface area (Å²) in [6.07, 6.45) is 10.8. The Labute approximate surface area is 265 Å². The molecule has 44 heavy (non-hydrogen) atoms. The molecule has 1 aromatic heterocycles. The molecule has 1 spiro atoms. The van der Waals surface area contributed by atoms with Crippen molar-refractivity contribution < 1.29 is 19.0 Å². The maximum absolute atomic E-state index is 12.7. The van der Waals surface area contributed by atoms with E-state index < -0.39 is 6.09 Å². The summed E-state index contributed by atoms with van der Waals surface area (Å²) >= 11 is 6.18. The molecule has 2 saturated heterocycles. The second kappa shape index (κ2) is 10.8. The minimum absolute atomic E-state index is 0.318. The van der Waals surface area contributed by atoms with Gasteiger partial charge in [-0.3, -0.25) is 0 Å². The highest BCUT2D eigenvalue weighted by Crippen LogP contribution is 2.69. The van der Waals surface area contributed by atoms with Gasteiger partial charge >= 0.3 is 6.09 Å². The quantitative estimate of drug-likeness (QED) is 0.309. The fourth-order valence-electron chi connectivity index (χ4n) is 10.4. The summed E-state index contributed by atoms with van der Waals surface area (Å²) in [7, 11) is 0. The van der Waals surface area contributed by atoms with Gasteiger partial charge < -0.3 is 24.5 Å². The number of nitrogens with one attached hydrogen (secondary N) is 2. The number of H-pyrrole nitrogens is 1. The Morgan fingerprint density at radius 1 is 1.14 bits per heavy atom. The average Bonchev–Trinajstić information content (AvgIpc) is 3.63. The molecular weight excluding hydrogens is 572 g/mol. The number of ether oxygens (including phenoxy) is 3. The van der Waals surface area contributed by atoms with E-state index in [1.54, 1.807) is 0 Å². The lowest BCUT2D eigenvalue weighted by Crippen LogP contribution is -2.48. The molecule has 2 aromatic carbocycles. The Bertz CT molecular complexity index is 1580. The van der Waals surface area contributed by atoms with E-state index in [1.165, 1.54) is 43.2 Å². The number of benzene rings is 2. The van der Waals surface area contributed by atoms with Gasteiger partial charge in [-0.2, -0.15) is 0 Å². The molecule has 3 aliphatic carbocycles. The van der Waals surface area contributed by atoms with E-state index in [0.717, 1.165) is 35.9 Å². The molecule has 7 heteroatoms. The van der Waals surface area contributed by atoms with Crippen molar-refractivity contribution in [3.63, 3.8) is 0 Å². The second-order valence-corrected chi connectivity index (χ2v) is 15.3. The summed E-state index contributed by atoms with van der Waals surface area (Å²) in [6.45, 7) is 8.62. The zero-order valence-corrected chi connectivity index (χ0v) is 26.9. The summed E-state index contributed by atoms with van der Waals surface area (Å²) in [5.74, 6) is 3.93. The molecule has 234 valence electrons. The number of hydrogen-bond donors (Lipinski definition) is 2. The van der Waals surface area contributed by atoms with Crippen LogP contribution in [0.4, 0.5) is 4.79 Å². The first-order valence-corrected chi connectivity index (χ1v) is 17.3. The number of carbonyl (C=O) groups is 1. The van der Waals surface area contributed by atoms with Gasteiger partial charge in [0.15, 0.2) is 5.79 Å². The number of halogens is 1. The van der Waals surface area contributed by atoms with Crippen LogP contribution in [0.15, 0.2) is 42.6 Å². The molecule has 0 unspecified atom stereocenters. The van der Waals surface area contributed by atoms with Gasteiger partial charge in [-0.1, -0.05) is 38.4 Å². The van der Waals surface area contributed by atoms with Crippen molar-refractivity contribution in [2.24, 2.45) is 35.0 Å². The van der Waals surface area contributed by atoms with E-state index in [2.05, 4.69) is 43.2 Å². The fourth-order valence-corrected chi connectivity index (χ4v) is 10.6. The lowest BCUT2D eigenvalue weighted by atomic mass is 9.53. The summed E-state index contributed by atoms with van der Waals surface area (Å²) in [5, 5.41) is 4.71. The van der Waals surface area contributed by atoms with Crippen LogP contribution in [0.25, 0.3) is 10.9 Å². The molecule has 3 aromatic rings. The monoisotopic (exact) mass is 616 g/mol. The second-order valence-electron chi connectivity index (χ2n) is 14.9. The van der Waals surface area contributed by atoms with Crippen molar-refractivity contribution in [1.82, 2.24) is 10.3 Å². The minimum atomic E-state index is -0.411. The van der Waals surface area contributed by atoms with Gasteiger partial charge in [-0.25, -0.2) is 4.79 Å². The van der Waals surface area contributed by atoms with E-state index in [4.69, 9.17) is 25.8 Å². The van der Waals surface area contributed by atoms with Gasteiger partial charge in [0.2, 0.25) is 0 Å². The number of aryl methyl sites for hydroxylation is 1. The highest BCUT2D eigenvalue weighted by atomic mass is 35.5. The van der Waals surface area contributed by atoms with Crippen molar-refractivity contribution >= 4 is 28.6 Å². The van der Waals surface area contributed by atoms with Crippen molar-refractivity contribution in [2.75, 3.05) is 13.2 Å². The topological polar surface area (TPSA) is 72.6 Å². The Hall–Kier alpha value is -2.54. The molecule has 3 heterocycles. The highest BCUT2D eigenvalue weighted by Gasteiger charge is 2.67. The maximum Gasteiger partial charge on any atom is 0.412 e. The van der Waals surface area contributed by atoms with E-state index in [0.29, 0.717) is 70.8 Å². The molecular formula is C37H45ClN2O4. The molecule has 2 aliphatic heterocycles. The molecule has 9 atom stereocenters. The van der Waals surface area contributed by atoms with Crippen LogP contribution in [0.3, 0.4) is 0 Å². The molecule has 2 N–H and O–H groups in total. The van der Waals surface area contributed by atoms with E-state index >= 15 is 0 Å². The summed E-state index contributed by atoms with van der Waals surface area (Å²) in [6, 6.07) is 12.2. The van der Waals surface area contributed by atoms with Gasteiger partial charge in [-0.05, 0) is 127 Å². The first-order chi connectivity index (χ1) is 21.2. The molecule has 0 radical (unpaired) electrons. The third-order valence-corrected chi connectivity index (χ3v) is 12.8. The predicted octanol–water partition coefficient (Wildman–Crippen LogP) is 8.41. The Morgan fingerprint density at radius 3 is 2.86 bits per heavy atom. The largest absolute Gasteiger partial charge is 0.412 e. The van der Waals surface area contributed by atoms with Crippen LogP contribution in [0.2, 0.25) is 5.02 Å². The molecule has 8 rings (SSSR count). The van der Waals surface area contributed by atoms with Gasteiger partial charge in [0, 0.05) is 41.0 Å². The van der Waals surface area contributed by atoms with Crippen molar-refractivity contribution in [3.05, 3.63) is 64.3 Å². The van der Waals surface area contributed by atoms with Crippen molar-refractivity contribution in [2.45, 2.75) is 89.9 Å². The number of aromatic nitrogens is 1. The van der Waals surface area contributed by atoms with Crippen LogP contribution in [-0.2, 0) is 22.3 Å². The van der Waals surface area contributed by atoms with E-state index in [9.17, 15) is 4.79 Å². The molecule has 6 nitrogen and oxygen atoms in total. The summed E-state index contributed by atoms with van der Waals surface area (Å²) < 4.78 is 19.2. The number of amides is 1. The van der Waals surface area contributed by atoms with Crippen molar-refractivity contribution in [1.29, 1.82) is 0 Å². The van der Waals surface area contributed by atoms with Gasteiger partial charge in [0.05, 0.1) is 12.7 Å². The number of hydrogen-bond acceptors (Lipinski definition) is 4. The number of carbonyl (C=O) groups excluding carboxylic acids is 1. The molecule has 4 fully saturated rings. The average molecular weight is 617 g/mol. The lowest BCUT2D eigenvalue weighted by molar-refractivity contribution is -0.272. The molecule has 0 bridgehead atoms. The molecule has 2 saturated carbocycles. The van der Waals surface area contributed by atoms with Crippen LogP contribution >= 0.6 is 11.6 Å². The van der Waals surface area contributed by atoms with Gasteiger partial charge in [-0.15, -0.1) is 0 Å². The zero-order chi connectivity index (χ0) is 30.2. The number of aromatic amines is 1. The minimum Gasteiger partial charge on any atom is -0.410 e. The Balaban J connectivity index is 0.908. The molecule has 5 aliphatic rings. The van der Waals surface area contributed by atoms with Crippen LogP contribution in [0.1, 0.15) is 81.9 Å². The maximum atomic E-state index is 12.7. The summed E-state index contributed by atoms with van der Waals surface area (Å²) in [4.78, 5) is 16.0. The Morgan fingerprint density at radius 2 is 2.02 bits per heavy atom. The van der Waals surface area contributed by atoms with Gasteiger partial charge in [0.1, 0.15) is 5.75 Å². The van der Waals surface area contributed by atoms with Crippen LogP contribution < -0.4 is 10.1 Å². The third kappa shape index (κ3) is 4.62. The number of rotatable bonds is 4. The smallest absolute Gasteiger partial charge is 0.410 e. The normalized spacial score (nSPS) is 37.3. The third-order valence-electron chi connectivity index (χ3n) is 12.6. The van der Waals surface area contributed by atoms with E-state index in [1.807, 2.05) is 30.5 Å². The van der Waals surface area contributed by atoms with E-state index in [-0.39, 0.29) is 5.79 Å². The highest BCUT2D eigenvalue weighted by molar-refractivity contribution is 6.31. The Kier molecular flexibility index (Phi) is 7.08. The standard InChI is InChI=1S/C37H45ClN2O4/c1-21-10-14-37(42-20-21)22(2)34-33(44-37)18-31-29-7-4-23-16-26(6-8-27(23)28(29)11-13-36(31,34)3)43-35(41)39-15-12-24-19-40-32-9-5-25(38)17-30(24)32/h5-6,8-9,16-17,19,21-22,28-29,31,33-34,40H,4,7,10-15,18,20H2,1-3H3,(H,39,41)/t21-,22+,28-,29-,31+,33+,34+,36+,37-/m1/s1. The van der Waals surface area contributed by atoms with Crippen LogP contribution in [0, 0.1) is 35.0 Å². The molecule has 1 amide bonds. The first-order valence-electron chi connectivity index (χ1n) is 16.9. The van der Waals surface area contributed by atoms with Gasteiger partial charge in [0.25, 0.3) is 0 Å². The predicted molar refractivity (Wildman–Crippen MR) is 172 cm³/mol.